The number of hydrogen-bond donors (Lipinski definition) is 0. The summed E-state index contributed by atoms with van der Waals surface area (Å²) in [4.78, 5) is 0. The number of alkyl halides is 3. The third kappa shape index (κ3) is 3.21. The molecule has 25 heavy (non-hydrogen) atoms. The van der Waals surface area contributed by atoms with Gasteiger partial charge in [0, 0.05) is 11.1 Å². The fourth-order valence-corrected chi connectivity index (χ4v) is 2.26. The normalized spacial score (nSPS) is 11.8. The van der Waals surface area contributed by atoms with Gasteiger partial charge in [-0.05, 0) is 45.0 Å². The Morgan fingerprint density at radius 1 is 1.00 bits per heavy atom. The molecular formula is C16H15F3N4O2. The van der Waals surface area contributed by atoms with Crippen LogP contribution in [0.3, 0.4) is 0 Å². The number of nitrogens with zero attached hydrogens (tertiary/aromatic N) is 4. The Morgan fingerprint density at radius 2 is 1.64 bits per heavy atom. The van der Waals surface area contributed by atoms with Gasteiger partial charge in [0.1, 0.15) is 11.5 Å². The molecule has 0 saturated carbocycles. The predicted molar refractivity (Wildman–Crippen MR) is 82.9 cm³/mol. The number of aryl methyl sites for hydroxylation is 1. The van der Waals surface area contributed by atoms with Gasteiger partial charge in [0.05, 0.1) is 6.61 Å². The molecule has 0 N–H and O–H groups in total. The van der Waals surface area contributed by atoms with Crippen molar-refractivity contribution in [2.45, 2.75) is 26.9 Å². The Balaban J connectivity index is 2.02. The Labute approximate surface area is 141 Å². The Hall–Kier alpha value is -2.84. The van der Waals surface area contributed by atoms with E-state index in [9.17, 15) is 13.2 Å². The first-order valence-corrected chi connectivity index (χ1v) is 7.51. The van der Waals surface area contributed by atoms with Gasteiger partial charge in [-0.1, -0.05) is 0 Å². The van der Waals surface area contributed by atoms with Crippen LogP contribution in [0.15, 0.2) is 24.3 Å². The molecule has 6 nitrogen and oxygen atoms in total. The molecule has 0 atom stereocenters. The minimum absolute atomic E-state index is 0.0452. The van der Waals surface area contributed by atoms with Gasteiger partial charge < -0.3 is 9.47 Å². The lowest BCUT2D eigenvalue weighted by atomic mass is 10.2. The fourth-order valence-electron chi connectivity index (χ4n) is 2.26. The van der Waals surface area contributed by atoms with Crippen molar-refractivity contribution in [1.82, 2.24) is 19.8 Å². The fraction of sp³-hybridized carbons (Fsp3) is 0.312. The van der Waals surface area contributed by atoms with Crippen LogP contribution in [0.4, 0.5) is 13.2 Å². The summed E-state index contributed by atoms with van der Waals surface area (Å²) < 4.78 is 50.8. The molecule has 2 heterocycles. The summed E-state index contributed by atoms with van der Waals surface area (Å²) in [6.45, 7) is 5.75. The molecule has 0 aliphatic carbocycles. The van der Waals surface area contributed by atoms with E-state index in [0.29, 0.717) is 33.7 Å². The topological polar surface area (TPSA) is 61.5 Å². The van der Waals surface area contributed by atoms with Crippen molar-refractivity contribution >= 4 is 5.65 Å². The minimum atomic E-state index is -4.66. The Kier molecular flexibility index (Phi) is 4.23. The maximum absolute atomic E-state index is 13.0. The summed E-state index contributed by atoms with van der Waals surface area (Å²) in [5, 5.41) is 10.7. The molecule has 0 radical (unpaired) electrons. The second-order valence-electron chi connectivity index (χ2n) is 5.32. The molecule has 132 valence electrons. The first kappa shape index (κ1) is 17.0. The highest BCUT2D eigenvalue weighted by Gasteiger charge is 2.38. The largest absolute Gasteiger partial charge is 0.494 e. The average Bonchev–Trinajstić information content (AvgIpc) is 2.98. The van der Waals surface area contributed by atoms with Crippen LogP contribution in [0.25, 0.3) is 5.65 Å². The van der Waals surface area contributed by atoms with E-state index < -0.39 is 12.0 Å². The Morgan fingerprint density at radius 3 is 2.24 bits per heavy atom. The van der Waals surface area contributed by atoms with Crippen LogP contribution in [-0.4, -0.2) is 26.4 Å². The second-order valence-corrected chi connectivity index (χ2v) is 5.32. The van der Waals surface area contributed by atoms with Crippen LogP contribution in [0.2, 0.25) is 0 Å². The van der Waals surface area contributed by atoms with Crippen molar-refractivity contribution in [2.75, 3.05) is 6.61 Å². The van der Waals surface area contributed by atoms with Gasteiger partial charge in [-0.3, -0.25) is 0 Å². The average molecular weight is 352 g/mol. The third-order valence-electron chi connectivity index (χ3n) is 3.65. The number of fused-ring (bicyclic) bond motifs is 1. The molecule has 0 spiro atoms. The summed E-state index contributed by atoms with van der Waals surface area (Å²) >= 11 is 0. The van der Waals surface area contributed by atoms with Crippen molar-refractivity contribution in [2.24, 2.45) is 0 Å². The molecule has 3 rings (SSSR count). The van der Waals surface area contributed by atoms with Crippen LogP contribution in [0.5, 0.6) is 17.4 Å². The van der Waals surface area contributed by atoms with Crippen molar-refractivity contribution in [1.29, 1.82) is 0 Å². The van der Waals surface area contributed by atoms with Crippen molar-refractivity contribution in [3.63, 3.8) is 0 Å². The molecule has 0 unspecified atom stereocenters. The third-order valence-corrected chi connectivity index (χ3v) is 3.65. The second kappa shape index (κ2) is 6.23. The lowest BCUT2D eigenvalue weighted by Gasteiger charge is -2.12. The van der Waals surface area contributed by atoms with Gasteiger partial charge in [0.2, 0.25) is 5.88 Å². The van der Waals surface area contributed by atoms with Crippen LogP contribution in [-0.2, 0) is 6.18 Å². The van der Waals surface area contributed by atoms with E-state index in [2.05, 4.69) is 15.3 Å². The predicted octanol–water partition coefficient (Wildman–Crippen LogP) is 3.95. The van der Waals surface area contributed by atoms with E-state index in [1.807, 2.05) is 6.92 Å². The van der Waals surface area contributed by atoms with Crippen molar-refractivity contribution in [3.8, 4) is 17.4 Å². The van der Waals surface area contributed by atoms with Gasteiger partial charge in [0.15, 0.2) is 5.65 Å². The minimum Gasteiger partial charge on any atom is -0.494 e. The molecule has 0 amide bonds. The van der Waals surface area contributed by atoms with Crippen LogP contribution in [0.1, 0.15) is 23.9 Å². The van der Waals surface area contributed by atoms with E-state index >= 15 is 0 Å². The number of ether oxygens (including phenoxy) is 2. The zero-order chi connectivity index (χ0) is 18.2. The molecule has 0 aliphatic heterocycles. The van der Waals surface area contributed by atoms with E-state index in [1.165, 1.54) is 0 Å². The van der Waals surface area contributed by atoms with Gasteiger partial charge in [0.25, 0.3) is 5.82 Å². The van der Waals surface area contributed by atoms with Crippen molar-refractivity contribution in [3.05, 3.63) is 41.2 Å². The SMILES string of the molecule is CCOc1ccc(Oc2nn3c(C(F)(F)F)nnc3c(C)c2C)cc1. The number of aromatic nitrogens is 4. The molecule has 0 fully saturated rings. The highest BCUT2D eigenvalue weighted by Crippen LogP contribution is 2.32. The summed E-state index contributed by atoms with van der Waals surface area (Å²) in [6.07, 6.45) is -4.66. The molecule has 0 aliphatic rings. The lowest BCUT2D eigenvalue weighted by Crippen LogP contribution is -2.13. The number of rotatable bonds is 4. The Bertz CT molecular complexity index is 904. The lowest BCUT2D eigenvalue weighted by molar-refractivity contribution is -0.146. The summed E-state index contributed by atoms with van der Waals surface area (Å²) in [7, 11) is 0. The van der Waals surface area contributed by atoms with Gasteiger partial charge in [-0.2, -0.15) is 17.7 Å². The molecule has 1 aromatic carbocycles. The monoisotopic (exact) mass is 352 g/mol. The smallest absolute Gasteiger partial charge is 0.453 e. The summed E-state index contributed by atoms with van der Waals surface area (Å²) in [6, 6.07) is 6.73. The van der Waals surface area contributed by atoms with Crippen LogP contribution >= 0.6 is 0 Å². The van der Waals surface area contributed by atoms with Crippen molar-refractivity contribution < 1.29 is 22.6 Å². The zero-order valence-corrected chi connectivity index (χ0v) is 13.8. The molecule has 9 heteroatoms. The molecule has 0 saturated heterocycles. The number of halogens is 3. The van der Waals surface area contributed by atoms with Crippen LogP contribution in [0, 0.1) is 13.8 Å². The molecule has 0 bridgehead atoms. The molecule has 3 aromatic rings. The zero-order valence-electron chi connectivity index (χ0n) is 13.8. The highest BCUT2D eigenvalue weighted by molar-refractivity contribution is 5.53. The maximum atomic E-state index is 13.0. The first-order chi connectivity index (χ1) is 11.8. The van der Waals surface area contributed by atoms with E-state index in [1.54, 1.807) is 38.1 Å². The number of benzene rings is 1. The standard InChI is InChI=1S/C16H15F3N4O2/c1-4-24-11-5-7-12(8-6-11)25-14-10(3)9(2)13-20-21-15(16(17,18)19)23(13)22-14/h5-8H,4H2,1-3H3. The quantitative estimate of drug-likeness (QED) is 0.711. The summed E-state index contributed by atoms with van der Waals surface area (Å²) in [5.74, 6) is -0.0367. The van der Waals surface area contributed by atoms with Gasteiger partial charge in [-0.15, -0.1) is 15.3 Å². The van der Waals surface area contributed by atoms with E-state index in [4.69, 9.17) is 9.47 Å². The van der Waals surface area contributed by atoms with Gasteiger partial charge in [-0.25, -0.2) is 0 Å². The van der Waals surface area contributed by atoms with E-state index in [0.717, 1.165) is 0 Å². The molecule has 2 aromatic heterocycles. The first-order valence-electron chi connectivity index (χ1n) is 7.51. The van der Waals surface area contributed by atoms with E-state index in [-0.39, 0.29) is 11.5 Å². The van der Waals surface area contributed by atoms with Gasteiger partial charge >= 0.3 is 6.18 Å². The number of hydrogen-bond acceptors (Lipinski definition) is 5. The molecular weight excluding hydrogens is 337 g/mol. The highest BCUT2D eigenvalue weighted by atomic mass is 19.4. The maximum Gasteiger partial charge on any atom is 0.453 e. The van der Waals surface area contributed by atoms with Crippen LogP contribution < -0.4 is 9.47 Å². The summed E-state index contributed by atoms with van der Waals surface area (Å²) in [5.41, 5.74) is 1.14.